The van der Waals surface area contributed by atoms with Gasteiger partial charge in [0.2, 0.25) is 0 Å². The summed E-state index contributed by atoms with van der Waals surface area (Å²) in [6.45, 7) is 5.24. The molecule has 0 aliphatic carbocycles. The summed E-state index contributed by atoms with van der Waals surface area (Å²) in [5.41, 5.74) is 1.90. The van der Waals surface area contributed by atoms with Crippen molar-refractivity contribution in [2.75, 3.05) is 40.3 Å². The minimum absolute atomic E-state index is 0.0526. The number of aryl methyl sites for hydroxylation is 1. The molecule has 1 saturated heterocycles. The number of benzene rings is 1. The van der Waals surface area contributed by atoms with Crippen LogP contribution in [0.15, 0.2) is 24.3 Å². The van der Waals surface area contributed by atoms with Crippen LogP contribution in [0.2, 0.25) is 0 Å². The molecule has 1 unspecified atom stereocenters. The number of morpholine rings is 1. The first-order valence-corrected chi connectivity index (χ1v) is 6.68. The molecule has 1 heterocycles. The van der Waals surface area contributed by atoms with Gasteiger partial charge in [-0.3, -0.25) is 4.79 Å². The number of carbonyl (C=O) groups excluding carboxylic acids is 1. The fraction of sp³-hybridized carbons (Fsp3) is 0.533. The van der Waals surface area contributed by atoms with Gasteiger partial charge in [-0.05, 0) is 26.1 Å². The van der Waals surface area contributed by atoms with Gasteiger partial charge in [0.05, 0.1) is 12.7 Å². The van der Waals surface area contributed by atoms with Gasteiger partial charge in [-0.15, -0.1) is 0 Å². The van der Waals surface area contributed by atoms with Crippen molar-refractivity contribution in [1.82, 2.24) is 9.80 Å². The van der Waals surface area contributed by atoms with Gasteiger partial charge in [0.15, 0.2) is 0 Å². The highest BCUT2D eigenvalue weighted by Gasteiger charge is 2.21. The molecule has 0 saturated carbocycles. The Balaban J connectivity index is 1.93. The molecule has 0 bridgehead atoms. The van der Waals surface area contributed by atoms with Crippen LogP contribution >= 0.6 is 0 Å². The van der Waals surface area contributed by atoms with E-state index in [1.165, 1.54) is 0 Å². The van der Waals surface area contributed by atoms with Crippen molar-refractivity contribution in [1.29, 1.82) is 0 Å². The number of nitrogens with zero attached hydrogens (tertiary/aromatic N) is 2. The van der Waals surface area contributed by atoms with Crippen molar-refractivity contribution >= 4 is 5.91 Å². The number of hydrogen-bond acceptors (Lipinski definition) is 3. The van der Waals surface area contributed by atoms with Crippen LogP contribution in [0.4, 0.5) is 0 Å². The Hall–Kier alpha value is -1.39. The normalized spacial score (nSPS) is 20.3. The van der Waals surface area contributed by atoms with Gasteiger partial charge in [-0.2, -0.15) is 0 Å². The summed E-state index contributed by atoms with van der Waals surface area (Å²) in [4.78, 5) is 16.2. The maximum Gasteiger partial charge on any atom is 0.253 e. The van der Waals surface area contributed by atoms with Crippen molar-refractivity contribution in [2.45, 2.75) is 13.0 Å². The summed E-state index contributed by atoms with van der Waals surface area (Å²) < 4.78 is 5.69. The van der Waals surface area contributed by atoms with E-state index in [0.717, 1.165) is 30.8 Å². The molecule has 1 aliphatic heterocycles. The van der Waals surface area contributed by atoms with Gasteiger partial charge in [-0.25, -0.2) is 0 Å². The molecular formula is C15H22N2O2. The standard InChI is InChI=1S/C15H22N2O2/c1-12-4-6-13(7-5-12)15(18)17(3)11-14-10-16(2)8-9-19-14/h4-7,14H,8-11H2,1-3H3. The minimum atomic E-state index is 0.0526. The molecule has 1 amide bonds. The van der Waals surface area contributed by atoms with Gasteiger partial charge in [0.25, 0.3) is 5.91 Å². The lowest BCUT2D eigenvalue weighted by Crippen LogP contribution is -2.46. The van der Waals surface area contributed by atoms with Crippen LogP contribution in [0.25, 0.3) is 0 Å². The first-order chi connectivity index (χ1) is 9.06. The number of carbonyl (C=O) groups is 1. The lowest BCUT2D eigenvalue weighted by atomic mass is 10.1. The molecule has 1 aromatic rings. The lowest BCUT2D eigenvalue weighted by molar-refractivity contribution is -0.0301. The molecule has 104 valence electrons. The Morgan fingerprint density at radius 3 is 2.74 bits per heavy atom. The summed E-state index contributed by atoms with van der Waals surface area (Å²) >= 11 is 0. The largest absolute Gasteiger partial charge is 0.374 e. The van der Waals surface area contributed by atoms with E-state index in [0.29, 0.717) is 6.54 Å². The van der Waals surface area contributed by atoms with E-state index in [1.54, 1.807) is 4.90 Å². The van der Waals surface area contributed by atoms with Gasteiger partial charge >= 0.3 is 0 Å². The maximum atomic E-state index is 12.3. The molecule has 4 nitrogen and oxygen atoms in total. The SMILES string of the molecule is Cc1ccc(C(=O)N(C)CC2CN(C)CCO2)cc1. The Morgan fingerprint density at radius 1 is 1.42 bits per heavy atom. The second kappa shape index (κ2) is 6.17. The van der Waals surface area contributed by atoms with Gasteiger partial charge < -0.3 is 14.5 Å². The van der Waals surface area contributed by atoms with E-state index in [2.05, 4.69) is 11.9 Å². The van der Waals surface area contributed by atoms with Crippen LogP contribution in [-0.4, -0.2) is 62.1 Å². The fourth-order valence-corrected chi connectivity index (χ4v) is 2.28. The van der Waals surface area contributed by atoms with Crippen molar-refractivity contribution < 1.29 is 9.53 Å². The zero-order chi connectivity index (χ0) is 13.8. The van der Waals surface area contributed by atoms with Crippen LogP contribution in [0.3, 0.4) is 0 Å². The highest BCUT2D eigenvalue weighted by Crippen LogP contribution is 2.09. The van der Waals surface area contributed by atoms with E-state index in [9.17, 15) is 4.79 Å². The Labute approximate surface area is 115 Å². The molecule has 1 aliphatic rings. The predicted octanol–water partition coefficient (Wildman–Crippen LogP) is 1.40. The second-order valence-corrected chi connectivity index (χ2v) is 5.31. The molecule has 0 aromatic heterocycles. The van der Waals surface area contributed by atoms with Crippen LogP contribution < -0.4 is 0 Å². The summed E-state index contributed by atoms with van der Waals surface area (Å²) in [6, 6.07) is 7.68. The molecule has 0 spiro atoms. The quantitative estimate of drug-likeness (QED) is 0.825. The van der Waals surface area contributed by atoms with E-state index in [1.807, 2.05) is 38.2 Å². The number of amides is 1. The Bertz CT molecular complexity index is 430. The molecule has 0 N–H and O–H groups in total. The van der Waals surface area contributed by atoms with E-state index in [4.69, 9.17) is 4.74 Å². The minimum Gasteiger partial charge on any atom is -0.374 e. The van der Waals surface area contributed by atoms with Crippen LogP contribution in [0.1, 0.15) is 15.9 Å². The van der Waals surface area contributed by atoms with Crippen molar-refractivity contribution in [3.63, 3.8) is 0 Å². The maximum absolute atomic E-state index is 12.3. The van der Waals surface area contributed by atoms with Crippen LogP contribution in [-0.2, 0) is 4.74 Å². The highest BCUT2D eigenvalue weighted by atomic mass is 16.5. The first kappa shape index (κ1) is 14.0. The summed E-state index contributed by atoms with van der Waals surface area (Å²) in [5.74, 6) is 0.0526. The molecule has 1 aromatic carbocycles. The molecule has 0 radical (unpaired) electrons. The number of rotatable bonds is 3. The summed E-state index contributed by atoms with van der Waals surface area (Å²) in [7, 11) is 3.91. The van der Waals surface area contributed by atoms with E-state index in [-0.39, 0.29) is 12.0 Å². The third kappa shape index (κ3) is 3.78. The first-order valence-electron chi connectivity index (χ1n) is 6.68. The molecule has 2 rings (SSSR count). The van der Waals surface area contributed by atoms with Crippen LogP contribution in [0, 0.1) is 6.92 Å². The van der Waals surface area contributed by atoms with E-state index >= 15 is 0 Å². The summed E-state index contributed by atoms with van der Waals surface area (Å²) in [6.07, 6.45) is 0.109. The Kier molecular flexibility index (Phi) is 4.56. The molecule has 19 heavy (non-hydrogen) atoms. The fourth-order valence-electron chi connectivity index (χ4n) is 2.28. The highest BCUT2D eigenvalue weighted by molar-refractivity contribution is 5.94. The van der Waals surface area contributed by atoms with Gasteiger partial charge in [0, 0.05) is 32.2 Å². The molecule has 1 atom stereocenters. The van der Waals surface area contributed by atoms with Crippen LogP contribution in [0.5, 0.6) is 0 Å². The number of ether oxygens (including phenoxy) is 1. The zero-order valence-electron chi connectivity index (χ0n) is 11.9. The Morgan fingerprint density at radius 2 is 2.11 bits per heavy atom. The average molecular weight is 262 g/mol. The molecular weight excluding hydrogens is 240 g/mol. The number of likely N-dealkylation sites (N-methyl/N-ethyl adjacent to an activating group) is 2. The third-order valence-electron chi connectivity index (χ3n) is 3.46. The van der Waals surface area contributed by atoms with Gasteiger partial charge in [0.1, 0.15) is 0 Å². The topological polar surface area (TPSA) is 32.8 Å². The van der Waals surface area contributed by atoms with Crippen molar-refractivity contribution in [2.24, 2.45) is 0 Å². The molecule has 1 fully saturated rings. The summed E-state index contributed by atoms with van der Waals surface area (Å²) in [5, 5.41) is 0. The van der Waals surface area contributed by atoms with Crippen molar-refractivity contribution in [3.8, 4) is 0 Å². The van der Waals surface area contributed by atoms with Crippen molar-refractivity contribution in [3.05, 3.63) is 35.4 Å². The predicted molar refractivity (Wildman–Crippen MR) is 75.4 cm³/mol. The molecule has 4 heteroatoms. The average Bonchev–Trinajstić information content (AvgIpc) is 2.39. The zero-order valence-corrected chi connectivity index (χ0v) is 11.9. The second-order valence-electron chi connectivity index (χ2n) is 5.31. The number of hydrogen-bond donors (Lipinski definition) is 0. The van der Waals surface area contributed by atoms with Gasteiger partial charge in [-0.1, -0.05) is 17.7 Å². The van der Waals surface area contributed by atoms with E-state index < -0.39 is 0 Å². The smallest absolute Gasteiger partial charge is 0.253 e. The monoisotopic (exact) mass is 262 g/mol. The third-order valence-corrected chi connectivity index (χ3v) is 3.46. The lowest BCUT2D eigenvalue weighted by Gasteiger charge is -2.32.